The number of fused-ring (bicyclic) bond motifs is 19. The average molecular weight is 816 g/mol. The summed E-state index contributed by atoms with van der Waals surface area (Å²) >= 11 is 0. The molecule has 0 saturated heterocycles. The van der Waals surface area contributed by atoms with E-state index in [0.29, 0.717) is 0 Å². The fourth-order valence-electron chi connectivity index (χ4n) is 11.2. The largest absolute Gasteiger partial charge is 0.456 e. The van der Waals surface area contributed by atoms with Crippen molar-refractivity contribution in [2.75, 3.05) is 4.90 Å². The second kappa shape index (κ2) is 13.3. The van der Waals surface area contributed by atoms with Crippen LogP contribution in [-0.2, 0) is 5.41 Å². The third-order valence-corrected chi connectivity index (χ3v) is 13.9. The summed E-state index contributed by atoms with van der Waals surface area (Å²) < 4.78 is 13.5. The van der Waals surface area contributed by atoms with Crippen molar-refractivity contribution < 1.29 is 8.83 Å². The van der Waals surface area contributed by atoms with Gasteiger partial charge in [0.1, 0.15) is 22.3 Å². The van der Waals surface area contributed by atoms with Gasteiger partial charge in [-0.15, -0.1) is 0 Å². The summed E-state index contributed by atoms with van der Waals surface area (Å²) in [6.45, 7) is 0. The van der Waals surface area contributed by atoms with Gasteiger partial charge in [-0.3, -0.25) is 0 Å². The number of nitrogens with zero attached hydrogens (tertiary/aromatic N) is 1. The Hall–Kier alpha value is -8.40. The van der Waals surface area contributed by atoms with Crippen molar-refractivity contribution in [3.63, 3.8) is 0 Å². The molecule has 2 heterocycles. The van der Waals surface area contributed by atoms with E-state index in [9.17, 15) is 0 Å². The minimum Gasteiger partial charge on any atom is -0.456 e. The fourth-order valence-corrected chi connectivity index (χ4v) is 11.2. The summed E-state index contributed by atoms with van der Waals surface area (Å²) in [5, 5.41) is 4.48. The molecule has 64 heavy (non-hydrogen) atoms. The van der Waals surface area contributed by atoms with E-state index >= 15 is 0 Å². The zero-order valence-electron chi connectivity index (χ0n) is 34.6. The van der Waals surface area contributed by atoms with Crippen LogP contribution in [-0.4, -0.2) is 0 Å². The van der Waals surface area contributed by atoms with Crippen molar-refractivity contribution in [3.05, 3.63) is 247 Å². The molecule has 1 spiro atoms. The molecule has 14 rings (SSSR count). The highest BCUT2D eigenvalue weighted by Crippen LogP contribution is 2.63. The lowest BCUT2D eigenvalue weighted by Gasteiger charge is -2.36. The number of hydrogen-bond acceptors (Lipinski definition) is 3. The first-order valence-corrected chi connectivity index (χ1v) is 22.0. The molecule has 2 aliphatic rings. The number of hydrogen-bond donors (Lipinski definition) is 0. The first-order valence-electron chi connectivity index (χ1n) is 22.0. The van der Waals surface area contributed by atoms with Crippen LogP contribution in [0.15, 0.2) is 233 Å². The zero-order chi connectivity index (χ0) is 41.9. The lowest BCUT2D eigenvalue weighted by atomic mass is 9.65. The molecule has 0 N–H and O–H groups in total. The second-order valence-corrected chi connectivity index (χ2v) is 17.1. The van der Waals surface area contributed by atoms with Gasteiger partial charge < -0.3 is 13.7 Å². The Morgan fingerprint density at radius 2 is 0.812 bits per heavy atom. The Bertz CT molecular complexity index is 3860. The van der Waals surface area contributed by atoms with Gasteiger partial charge in [-0.2, -0.15) is 0 Å². The minimum absolute atomic E-state index is 0.703. The zero-order valence-corrected chi connectivity index (χ0v) is 34.6. The van der Waals surface area contributed by atoms with Crippen LogP contribution in [0.5, 0.6) is 0 Å². The molecule has 12 aromatic rings. The van der Waals surface area contributed by atoms with Gasteiger partial charge in [0.25, 0.3) is 0 Å². The summed E-state index contributed by atoms with van der Waals surface area (Å²) in [5.74, 6) is 0. The normalized spacial score (nSPS) is 14.6. The topological polar surface area (TPSA) is 29.5 Å². The maximum atomic E-state index is 6.91. The van der Waals surface area contributed by atoms with Gasteiger partial charge in [-0.05, 0) is 110 Å². The van der Waals surface area contributed by atoms with Crippen LogP contribution in [0.4, 0.5) is 17.1 Å². The van der Waals surface area contributed by atoms with Crippen LogP contribution < -0.4 is 4.90 Å². The number of furan rings is 2. The van der Waals surface area contributed by atoms with Crippen molar-refractivity contribution in [3.8, 4) is 44.5 Å². The van der Waals surface area contributed by atoms with Gasteiger partial charge in [0.15, 0.2) is 0 Å². The van der Waals surface area contributed by atoms with Crippen LogP contribution in [0.2, 0.25) is 0 Å². The second-order valence-electron chi connectivity index (χ2n) is 17.1. The fraction of sp³-hybridized carbons (Fsp3) is 0.0164. The highest BCUT2D eigenvalue weighted by atomic mass is 16.3. The molecular formula is C61H37NO2. The number of rotatable bonds is 4. The molecule has 10 aromatic carbocycles. The quantitative estimate of drug-likeness (QED) is 0.177. The standard InChI is InChI=1S/C61H37NO2/c1-2-14-38(15-3-1)39-26-28-40(29-27-39)62(42-31-33-49-47-19-8-12-24-56(47)63-58(49)37-42)41-30-32-46-44-17-5-4-16-43(44)45-18-6-10-22-52(45)61(55(46)36-41)53-23-11-7-21-51(53)59-54(61)35-34-50-48-20-9-13-25-57(48)64-60(50)59/h1-37H. The highest BCUT2D eigenvalue weighted by molar-refractivity contribution is 6.13. The highest BCUT2D eigenvalue weighted by Gasteiger charge is 2.51. The molecule has 3 heteroatoms. The van der Waals surface area contributed by atoms with E-state index in [0.717, 1.165) is 66.5 Å². The van der Waals surface area contributed by atoms with Gasteiger partial charge in [0.05, 0.1) is 5.41 Å². The Kier molecular flexibility index (Phi) is 7.32. The molecule has 0 amide bonds. The number of benzene rings is 10. The molecule has 0 fully saturated rings. The van der Waals surface area contributed by atoms with Gasteiger partial charge in [-0.1, -0.05) is 170 Å². The Morgan fingerprint density at radius 1 is 0.297 bits per heavy atom. The van der Waals surface area contributed by atoms with E-state index in [1.54, 1.807) is 0 Å². The molecule has 1 atom stereocenters. The van der Waals surface area contributed by atoms with Crippen molar-refractivity contribution >= 4 is 60.9 Å². The van der Waals surface area contributed by atoms with Crippen molar-refractivity contribution in [2.45, 2.75) is 5.41 Å². The van der Waals surface area contributed by atoms with E-state index in [4.69, 9.17) is 8.83 Å². The predicted molar refractivity (Wildman–Crippen MR) is 263 cm³/mol. The van der Waals surface area contributed by atoms with Crippen LogP contribution in [0.1, 0.15) is 22.3 Å². The predicted octanol–water partition coefficient (Wildman–Crippen LogP) is 16.6. The molecule has 1 unspecified atom stereocenters. The number of anilines is 3. The Balaban J connectivity index is 1.08. The summed E-state index contributed by atoms with van der Waals surface area (Å²) in [7, 11) is 0. The molecule has 3 nitrogen and oxygen atoms in total. The molecular weight excluding hydrogens is 779 g/mol. The van der Waals surface area contributed by atoms with Crippen LogP contribution >= 0.6 is 0 Å². The minimum atomic E-state index is -0.703. The molecule has 298 valence electrons. The lowest BCUT2D eigenvalue weighted by Crippen LogP contribution is -2.29. The summed E-state index contributed by atoms with van der Waals surface area (Å²) in [5.41, 5.74) is 20.5. The summed E-state index contributed by atoms with van der Waals surface area (Å²) in [6, 6.07) is 81.7. The first kappa shape index (κ1) is 35.2. The molecule has 0 bridgehead atoms. The van der Waals surface area contributed by atoms with Crippen molar-refractivity contribution in [1.82, 2.24) is 0 Å². The molecule has 2 aromatic heterocycles. The maximum Gasteiger partial charge on any atom is 0.143 e. The van der Waals surface area contributed by atoms with Crippen LogP contribution in [0.25, 0.3) is 88.4 Å². The first-order chi connectivity index (χ1) is 31.7. The van der Waals surface area contributed by atoms with E-state index in [1.807, 2.05) is 12.1 Å². The van der Waals surface area contributed by atoms with E-state index in [-0.39, 0.29) is 0 Å². The third kappa shape index (κ3) is 4.81. The van der Waals surface area contributed by atoms with E-state index in [2.05, 4.69) is 217 Å². The van der Waals surface area contributed by atoms with Crippen LogP contribution in [0.3, 0.4) is 0 Å². The SMILES string of the molecule is c1ccc(-c2ccc(N(c3ccc4c(c3)C3(c5ccccc5-c5ccccc5-4)c4ccccc4-c4c3ccc3c4oc4ccccc43)c3ccc4c(c3)oc3ccccc34)cc2)cc1. The lowest BCUT2D eigenvalue weighted by molar-refractivity contribution is 0.668. The van der Waals surface area contributed by atoms with Gasteiger partial charge in [0, 0.05) is 50.2 Å². The molecule has 0 radical (unpaired) electrons. The monoisotopic (exact) mass is 815 g/mol. The smallest absolute Gasteiger partial charge is 0.143 e. The van der Waals surface area contributed by atoms with E-state index < -0.39 is 5.41 Å². The molecule has 0 saturated carbocycles. The van der Waals surface area contributed by atoms with Crippen molar-refractivity contribution in [1.29, 1.82) is 0 Å². The van der Waals surface area contributed by atoms with Crippen LogP contribution in [0, 0.1) is 0 Å². The van der Waals surface area contributed by atoms with Gasteiger partial charge in [0.2, 0.25) is 0 Å². The average Bonchev–Trinajstić information content (AvgIpc) is 4.00. The maximum absolute atomic E-state index is 6.91. The summed E-state index contributed by atoms with van der Waals surface area (Å²) in [4.78, 5) is 2.39. The Labute approximate surface area is 369 Å². The van der Waals surface area contributed by atoms with Gasteiger partial charge in [-0.25, -0.2) is 0 Å². The van der Waals surface area contributed by atoms with Crippen molar-refractivity contribution in [2.24, 2.45) is 0 Å². The number of para-hydroxylation sites is 2. The summed E-state index contributed by atoms with van der Waals surface area (Å²) in [6.07, 6.45) is 0. The van der Waals surface area contributed by atoms with E-state index in [1.165, 1.54) is 61.2 Å². The Morgan fingerprint density at radius 3 is 1.58 bits per heavy atom. The molecule has 0 aliphatic heterocycles. The third-order valence-electron chi connectivity index (χ3n) is 13.9. The van der Waals surface area contributed by atoms with Gasteiger partial charge >= 0.3 is 0 Å². The molecule has 2 aliphatic carbocycles.